The van der Waals surface area contributed by atoms with Crippen LogP contribution in [0.25, 0.3) is 6.08 Å². The molecule has 86 valence electrons. The normalized spacial score (nSPS) is 10.9. The first-order valence-corrected chi connectivity index (χ1v) is 5.45. The molecule has 0 saturated heterocycles. The van der Waals surface area contributed by atoms with Crippen molar-refractivity contribution in [2.24, 2.45) is 0 Å². The molecule has 0 radical (unpaired) electrons. The second-order valence-corrected chi connectivity index (χ2v) is 3.79. The molecule has 0 bridgehead atoms. The Morgan fingerprint density at radius 1 is 1.06 bits per heavy atom. The third-order valence-corrected chi connectivity index (χ3v) is 2.49. The maximum absolute atomic E-state index is 12.8. The molecule has 1 N–H and O–H groups in total. The molecule has 17 heavy (non-hydrogen) atoms. The minimum atomic E-state index is -0.418. The van der Waals surface area contributed by atoms with E-state index in [9.17, 15) is 9.50 Å². The van der Waals surface area contributed by atoms with Gasteiger partial charge in [0.1, 0.15) is 11.6 Å². The summed E-state index contributed by atoms with van der Waals surface area (Å²) in [4.78, 5) is 0. The molecule has 0 atom stereocenters. The highest BCUT2D eigenvalue weighted by Crippen LogP contribution is 2.19. The van der Waals surface area contributed by atoms with E-state index in [2.05, 4.69) is 0 Å². The number of hydrogen-bond acceptors (Lipinski definition) is 1. The minimum Gasteiger partial charge on any atom is -0.508 e. The summed E-state index contributed by atoms with van der Waals surface area (Å²) in [6, 6.07) is 14.0. The summed E-state index contributed by atoms with van der Waals surface area (Å²) in [6.07, 6.45) is 4.51. The maximum Gasteiger partial charge on any atom is 0.126 e. The predicted octanol–water partition coefficient (Wildman–Crippen LogP) is 3.79. The van der Waals surface area contributed by atoms with Crippen molar-refractivity contribution in [1.29, 1.82) is 0 Å². The molecular weight excluding hydrogens is 215 g/mol. The van der Waals surface area contributed by atoms with Gasteiger partial charge in [0.25, 0.3) is 0 Å². The van der Waals surface area contributed by atoms with Crippen molar-refractivity contribution in [3.8, 4) is 5.75 Å². The van der Waals surface area contributed by atoms with E-state index in [0.717, 1.165) is 17.2 Å². The van der Waals surface area contributed by atoms with Crippen LogP contribution in [0.3, 0.4) is 0 Å². The molecule has 2 aromatic rings. The highest BCUT2D eigenvalue weighted by Gasteiger charge is 2.00. The first kappa shape index (κ1) is 11.4. The summed E-state index contributed by atoms with van der Waals surface area (Å²) in [5.74, 6) is -0.416. The molecule has 0 aromatic heterocycles. The summed E-state index contributed by atoms with van der Waals surface area (Å²) in [6.45, 7) is 0. The van der Waals surface area contributed by atoms with E-state index < -0.39 is 5.82 Å². The molecule has 2 rings (SSSR count). The average molecular weight is 228 g/mol. The van der Waals surface area contributed by atoms with E-state index in [1.165, 1.54) is 6.07 Å². The third kappa shape index (κ3) is 3.18. The van der Waals surface area contributed by atoms with Gasteiger partial charge in [0.15, 0.2) is 0 Å². The van der Waals surface area contributed by atoms with Crippen LogP contribution in [-0.2, 0) is 6.42 Å². The number of halogens is 1. The zero-order chi connectivity index (χ0) is 12.1. The molecular formula is C15H13FO. The molecule has 0 aliphatic heterocycles. The summed E-state index contributed by atoms with van der Waals surface area (Å²) in [5.41, 5.74) is 1.83. The van der Waals surface area contributed by atoms with Gasteiger partial charge in [0.05, 0.1) is 0 Å². The standard InChI is InChI=1S/C15H13FO/c16-14-10-9-13(15(17)11-14)8-4-7-12-5-2-1-3-6-12/h1-7,9-11,17H,8H2/b7-4+. The molecule has 0 fully saturated rings. The lowest BCUT2D eigenvalue weighted by molar-refractivity contribution is 0.463. The fraction of sp³-hybridized carbons (Fsp3) is 0.0667. The first-order valence-electron chi connectivity index (χ1n) is 5.45. The molecule has 0 unspecified atom stereocenters. The zero-order valence-corrected chi connectivity index (χ0v) is 9.31. The number of benzene rings is 2. The van der Waals surface area contributed by atoms with Gasteiger partial charge in [0.2, 0.25) is 0 Å². The van der Waals surface area contributed by atoms with Gasteiger partial charge in [-0.3, -0.25) is 0 Å². The predicted molar refractivity (Wildman–Crippen MR) is 67.2 cm³/mol. The van der Waals surface area contributed by atoms with E-state index in [0.29, 0.717) is 6.42 Å². The Morgan fingerprint density at radius 2 is 1.82 bits per heavy atom. The van der Waals surface area contributed by atoms with Crippen molar-refractivity contribution in [3.63, 3.8) is 0 Å². The summed E-state index contributed by atoms with van der Waals surface area (Å²) < 4.78 is 12.8. The van der Waals surface area contributed by atoms with Crippen molar-refractivity contribution < 1.29 is 9.50 Å². The van der Waals surface area contributed by atoms with E-state index in [4.69, 9.17) is 0 Å². The van der Waals surface area contributed by atoms with Crippen molar-refractivity contribution in [1.82, 2.24) is 0 Å². The van der Waals surface area contributed by atoms with Gasteiger partial charge in [0, 0.05) is 6.07 Å². The second kappa shape index (κ2) is 5.30. The van der Waals surface area contributed by atoms with Crippen LogP contribution < -0.4 is 0 Å². The van der Waals surface area contributed by atoms with Gasteiger partial charge < -0.3 is 5.11 Å². The summed E-state index contributed by atoms with van der Waals surface area (Å²) in [7, 11) is 0. The molecule has 2 heteroatoms. The maximum atomic E-state index is 12.8. The quantitative estimate of drug-likeness (QED) is 0.847. The van der Waals surface area contributed by atoms with Crippen LogP contribution in [0.4, 0.5) is 4.39 Å². The van der Waals surface area contributed by atoms with Crippen molar-refractivity contribution in [3.05, 3.63) is 71.6 Å². The molecule has 2 aromatic carbocycles. The van der Waals surface area contributed by atoms with Gasteiger partial charge in [-0.2, -0.15) is 0 Å². The largest absolute Gasteiger partial charge is 0.508 e. The van der Waals surface area contributed by atoms with Crippen molar-refractivity contribution in [2.45, 2.75) is 6.42 Å². The van der Waals surface area contributed by atoms with Crippen LogP contribution >= 0.6 is 0 Å². The fourth-order valence-electron chi connectivity index (χ4n) is 1.60. The Kier molecular flexibility index (Phi) is 3.55. The Hall–Kier alpha value is -2.09. The number of hydrogen-bond donors (Lipinski definition) is 1. The molecule has 0 aliphatic rings. The molecule has 0 saturated carbocycles. The minimum absolute atomic E-state index is 0.00251. The molecule has 0 aliphatic carbocycles. The molecule has 0 heterocycles. The number of phenols is 1. The first-order chi connectivity index (χ1) is 8.25. The van der Waals surface area contributed by atoms with Crippen LogP contribution in [0, 0.1) is 5.82 Å². The zero-order valence-electron chi connectivity index (χ0n) is 9.31. The Labute approximate surface area is 99.9 Å². The van der Waals surface area contributed by atoms with E-state index >= 15 is 0 Å². The van der Waals surface area contributed by atoms with Gasteiger partial charge in [-0.1, -0.05) is 48.6 Å². The lowest BCUT2D eigenvalue weighted by atomic mass is 10.1. The number of phenolic OH excluding ortho intramolecular Hbond substituents is 1. The highest BCUT2D eigenvalue weighted by molar-refractivity contribution is 5.49. The van der Waals surface area contributed by atoms with Crippen LogP contribution in [0.15, 0.2) is 54.6 Å². The van der Waals surface area contributed by atoms with Crippen molar-refractivity contribution >= 4 is 6.08 Å². The Bertz CT molecular complexity index is 518. The second-order valence-electron chi connectivity index (χ2n) is 3.79. The smallest absolute Gasteiger partial charge is 0.126 e. The topological polar surface area (TPSA) is 20.2 Å². The van der Waals surface area contributed by atoms with Gasteiger partial charge in [-0.15, -0.1) is 0 Å². The molecule has 1 nitrogen and oxygen atoms in total. The lowest BCUT2D eigenvalue weighted by Crippen LogP contribution is -1.84. The Balaban J connectivity index is 2.05. The number of aromatic hydroxyl groups is 1. The average Bonchev–Trinajstić information content (AvgIpc) is 2.33. The van der Waals surface area contributed by atoms with Crippen LogP contribution in [0.1, 0.15) is 11.1 Å². The highest BCUT2D eigenvalue weighted by atomic mass is 19.1. The van der Waals surface area contributed by atoms with E-state index in [-0.39, 0.29) is 5.75 Å². The number of rotatable bonds is 3. The van der Waals surface area contributed by atoms with Crippen LogP contribution in [0.5, 0.6) is 5.75 Å². The summed E-state index contributed by atoms with van der Waals surface area (Å²) >= 11 is 0. The third-order valence-electron chi connectivity index (χ3n) is 2.49. The fourth-order valence-corrected chi connectivity index (χ4v) is 1.60. The Morgan fingerprint density at radius 3 is 2.53 bits per heavy atom. The number of allylic oxidation sites excluding steroid dienone is 1. The van der Waals surface area contributed by atoms with Gasteiger partial charge in [-0.05, 0) is 23.6 Å². The van der Waals surface area contributed by atoms with E-state index in [1.807, 2.05) is 42.5 Å². The van der Waals surface area contributed by atoms with E-state index in [1.54, 1.807) is 6.07 Å². The lowest BCUT2D eigenvalue weighted by Gasteiger charge is -2.00. The van der Waals surface area contributed by atoms with Crippen LogP contribution in [0.2, 0.25) is 0 Å². The van der Waals surface area contributed by atoms with Gasteiger partial charge in [-0.25, -0.2) is 4.39 Å². The van der Waals surface area contributed by atoms with Crippen LogP contribution in [-0.4, -0.2) is 5.11 Å². The van der Waals surface area contributed by atoms with Gasteiger partial charge >= 0.3 is 0 Å². The van der Waals surface area contributed by atoms with Crippen molar-refractivity contribution in [2.75, 3.05) is 0 Å². The molecule has 0 spiro atoms. The monoisotopic (exact) mass is 228 g/mol. The molecule has 0 amide bonds. The summed E-state index contributed by atoms with van der Waals surface area (Å²) in [5, 5.41) is 9.51. The SMILES string of the molecule is Oc1cc(F)ccc1C/C=C/c1ccccc1.